The van der Waals surface area contributed by atoms with Gasteiger partial charge in [-0.05, 0) is 12.8 Å². The van der Waals surface area contributed by atoms with Crippen LogP contribution in [0.15, 0.2) is 24.7 Å². The predicted octanol–water partition coefficient (Wildman–Crippen LogP) is 2.66. The maximum atomic E-state index is 5.62. The Morgan fingerprint density at radius 1 is 1.11 bits per heavy atom. The highest BCUT2D eigenvalue weighted by atomic mass is 15.3. The van der Waals surface area contributed by atoms with E-state index in [0.29, 0.717) is 18.0 Å². The number of rotatable bonds is 2. The van der Waals surface area contributed by atoms with Gasteiger partial charge in [0.2, 0.25) is 5.95 Å². The number of nitrogens with zero attached hydrogens (tertiary/aromatic N) is 6. The normalized spacial score (nSPS) is 22.3. The van der Waals surface area contributed by atoms with Crippen molar-refractivity contribution in [1.29, 1.82) is 0 Å². The summed E-state index contributed by atoms with van der Waals surface area (Å²) in [4.78, 5) is 15.6. The van der Waals surface area contributed by atoms with Crippen LogP contribution >= 0.6 is 0 Å². The molecule has 2 aliphatic heterocycles. The van der Waals surface area contributed by atoms with Crippen molar-refractivity contribution in [3.05, 3.63) is 47.2 Å². The van der Waals surface area contributed by atoms with Crippen molar-refractivity contribution in [1.82, 2.24) is 29.5 Å². The fourth-order valence-electron chi connectivity index (χ4n) is 4.45. The Bertz CT molecular complexity index is 1000. The molecule has 2 bridgehead atoms. The van der Waals surface area contributed by atoms with Gasteiger partial charge in [0, 0.05) is 66.2 Å². The van der Waals surface area contributed by atoms with Crippen LogP contribution in [0.4, 0.5) is 5.95 Å². The minimum absolute atomic E-state index is 0.0232. The van der Waals surface area contributed by atoms with Crippen LogP contribution < -0.4 is 5.73 Å². The Morgan fingerprint density at radius 2 is 1.89 bits per heavy atom. The van der Waals surface area contributed by atoms with Crippen molar-refractivity contribution in [3.63, 3.8) is 0 Å². The third-order valence-electron chi connectivity index (χ3n) is 5.90. The molecular formula is C20H25N7. The smallest absolute Gasteiger partial charge is 0.219 e. The van der Waals surface area contributed by atoms with Crippen LogP contribution in [-0.4, -0.2) is 35.5 Å². The van der Waals surface area contributed by atoms with Gasteiger partial charge >= 0.3 is 0 Å². The summed E-state index contributed by atoms with van der Waals surface area (Å²) in [6.45, 7) is 7.43. The second-order valence-electron chi connectivity index (χ2n) is 8.78. The minimum Gasteiger partial charge on any atom is -0.368 e. The Hall–Kier alpha value is -2.54. The average molecular weight is 363 g/mol. The zero-order valence-corrected chi connectivity index (χ0v) is 16.1. The van der Waals surface area contributed by atoms with E-state index in [1.54, 1.807) is 0 Å². The van der Waals surface area contributed by atoms with E-state index in [-0.39, 0.29) is 5.41 Å². The largest absolute Gasteiger partial charge is 0.368 e. The molecule has 3 aromatic rings. The Kier molecular flexibility index (Phi) is 3.53. The first-order chi connectivity index (χ1) is 12.9. The van der Waals surface area contributed by atoms with Gasteiger partial charge in [0.25, 0.3) is 0 Å². The molecule has 0 aliphatic carbocycles. The van der Waals surface area contributed by atoms with E-state index in [1.807, 2.05) is 12.4 Å². The molecule has 2 N–H and O–H groups in total. The van der Waals surface area contributed by atoms with E-state index in [2.05, 4.69) is 52.4 Å². The average Bonchev–Trinajstić information content (AvgIpc) is 3.18. The summed E-state index contributed by atoms with van der Waals surface area (Å²) in [5.74, 6) is 0.325. The highest BCUT2D eigenvalue weighted by Gasteiger charge is 2.41. The topological polar surface area (TPSA) is 85.2 Å². The fourth-order valence-corrected chi connectivity index (χ4v) is 4.45. The van der Waals surface area contributed by atoms with Crippen molar-refractivity contribution < 1.29 is 0 Å². The van der Waals surface area contributed by atoms with Gasteiger partial charge in [-0.1, -0.05) is 20.8 Å². The van der Waals surface area contributed by atoms with Gasteiger partial charge in [0.05, 0.1) is 11.4 Å². The maximum Gasteiger partial charge on any atom is 0.219 e. The zero-order valence-electron chi connectivity index (χ0n) is 16.1. The molecule has 3 aromatic heterocycles. The monoisotopic (exact) mass is 363 g/mol. The number of hydrogen-bond donors (Lipinski definition) is 1. The van der Waals surface area contributed by atoms with Crippen LogP contribution in [0, 0.1) is 0 Å². The number of nitrogens with two attached hydrogens (primary N) is 1. The first-order valence-electron chi connectivity index (χ1n) is 9.60. The molecule has 5 heterocycles. The summed E-state index contributed by atoms with van der Waals surface area (Å²) in [6, 6.07) is 3.03. The molecule has 0 spiro atoms. The second kappa shape index (κ2) is 5.73. The summed E-state index contributed by atoms with van der Waals surface area (Å²) in [5, 5.41) is 4.91. The van der Waals surface area contributed by atoms with Gasteiger partial charge in [0.15, 0.2) is 5.65 Å². The minimum atomic E-state index is 0.0232. The van der Waals surface area contributed by atoms with E-state index in [9.17, 15) is 0 Å². The van der Waals surface area contributed by atoms with Crippen molar-refractivity contribution in [2.24, 2.45) is 0 Å². The van der Waals surface area contributed by atoms with E-state index >= 15 is 0 Å². The van der Waals surface area contributed by atoms with Crippen LogP contribution in [-0.2, 0) is 18.4 Å². The lowest BCUT2D eigenvalue weighted by atomic mass is 9.93. The molecule has 5 rings (SSSR count). The van der Waals surface area contributed by atoms with Gasteiger partial charge in [0.1, 0.15) is 0 Å². The molecule has 0 amide bonds. The summed E-state index contributed by atoms with van der Waals surface area (Å²) < 4.78 is 2.09. The van der Waals surface area contributed by atoms with Gasteiger partial charge in [-0.2, -0.15) is 5.10 Å². The number of anilines is 1. The molecule has 2 aliphatic rings. The van der Waals surface area contributed by atoms with Gasteiger partial charge in [-0.25, -0.2) is 19.5 Å². The lowest BCUT2D eigenvalue weighted by molar-refractivity contribution is 0.164. The standard InChI is InChI=1S/C20H25N7/c1-20(2,3)17-7-18-22-10-14-15-5-4-13(6-16(14)27(18)25-17)26(15)11-12-8-23-19(21)24-9-12/h7-10,13,15H,4-6,11H2,1-3H3,(H2,21,23,24)/t13-,15+/m0/s1. The zero-order chi connectivity index (χ0) is 18.8. The van der Waals surface area contributed by atoms with E-state index in [1.165, 1.54) is 17.7 Å². The van der Waals surface area contributed by atoms with Crippen molar-refractivity contribution in [2.45, 2.75) is 64.1 Å². The van der Waals surface area contributed by atoms with Gasteiger partial charge in [-0.15, -0.1) is 0 Å². The van der Waals surface area contributed by atoms with Gasteiger partial charge < -0.3 is 5.73 Å². The summed E-state index contributed by atoms with van der Waals surface area (Å²) >= 11 is 0. The van der Waals surface area contributed by atoms with Crippen molar-refractivity contribution in [2.75, 3.05) is 5.73 Å². The highest BCUT2D eigenvalue weighted by molar-refractivity contribution is 5.45. The molecule has 1 saturated heterocycles. The maximum absolute atomic E-state index is 5.62. The van der Waals surface area contributed by atoms with Crippen LogP contribution in [0.5, 0.6) is 0 Å². The molecule has 7 nitrogen and oxygen atoms in total. The molecule has 27 heavy (non-hydrogen) atoms. The lowest BCUT2D eigenvalue weighted by Crippen LogP contribution is -2.38. The summed E-state index contributed by atoms with van der Waals surface area (Å²) in [6.07, 6.45) is 9.10. The fraction of sp³-hybridized carbons (Fsp3) is 0.500. The molecule has 0 aromatic carbocycles. The molecule has 0 radical (unpaired) electrons. The molecule has 0 saturated carbocycles. The van der Waals surface area contributed by atoms with Gasteiger partial charge in [-0.3, -0.25) is 4.90 Å². The predicted molar refractivity (Wildman–Crippen MR) is 103 cm³/mol. The Labute approximate surface area is 158 Å². The molecular weight excluding hydrogens is 338 g/mol. The second-order valence-corrected chi connectivity index (χ2v) is 8.78. The molecule has 2 atom stereocenters. The first-order valence-corrected chi connectivity index (χ1v) is 9.60. The summed E-state index contributed by atoms with van der Waals surface area (Å²) in [5.41, 5.74) is 11.4. The van der Waals surface area contributed by atoms with Crippen molar-refractivity contribution in [3.8, 4) is 0 Å². The van der Waals surface area contributed by atoms with Crippen LogP contribution in [0.25, 0.3) is 5.65 Å². The summed E-state index contributed by atoms with van der Waals surface area (Å²) in [7, 11) is 0. The van der Waals surface area contributed by atoms with Crippen LogP contribution in [0.2, 0.25) is 0 Å². The first kappa shape index (κ1) is 16.6. The number of fused-ring (bicyclic) bond motifs is 6. The van der Waals surface area contributed by atoms with E-state index in [0.717, 1.165) is 36.3 Å². The van der Waals surface area contributed by atoms with E-state index in [4.69, 9.17) is 15.8 Å². The van der Waals surface area contributed by atoms with Crippen LogP contribution in [0.1, 0.15) is 62.2 Å². The number of hydrogen-bond acceptors (Lipinski definition) is 6. The molecule has 140 valence electrons. The molecule has 7 heteroatoms. The third kappa shape index (κ3) is 2.68. The number of nitrogen functional groups attached to an aromatic ring is 1. The molecule has 0 unspecified atom stereocenters. The highest BCUT2D eigenvalue weighted by Crippen LogP contribution is 2.44. The van der Waals surface area contributed by atoms with Crippen LogP contribution in [0.3, 0.4) is 0 Å². The number of aromatic nitrogens is 5. The SMILES string of the molecule is CC(C)(C)c1cc2ncc3c(n2n1)C[C@@H]1CC[C@H]3N1Cc1cnc(N)nc1. The quantitative estimate of drug-likeness (QED) is 0.753. The lowest BCUT2D eigenvalue weighted by Gasteiger charge is -2.36. The third-order valence-corrected chi connectivity index (χ3v) is 5.90. The Balaban J connectivity index is 1.52. The van der Waals surface area contributed by atoms with Crippen molar-refractivity contribution >= 4 is 11.6 Å². The Morgan fingerprint density at radius 3 is 2.63 bits per heavy atom. The van der Waals surface area contributed by atoms with E-state index < -0.39 is 0 Å². The molecule has 1 fully saturated rings.